The van der Waals surface area contributed by atoms with E-state index in [0.717, 1.165) is 19.4 Å². The number of piperidine rings is 1. The number of rotatable bonds is 8. The lowest BCUT2D eigenvalue weighted by atomic mass is 9.81. The van der Waals surface area contributed by atoms with Crippen LogP contribution in [0.5, 0.6) is 0 Å². The largest absolute Gasteiger partial charge is 0.411 e. The molecule has 0 aromatic rings. The maximum Gasteiger partial charge on any atom is 0.411 e. The lowest BCUT2D eigenvalue weighted by Crippen LogP contribution is -2.67. The minimum atomic E-state index is -4.27. The molecule has 3 aliphatic rings. The predicted octanol–water partition coefficient (Wildman–Crippen LogP) is 2.39. The van der Waals surface area contributed by atoms with Gasteiger partial charge in [0.25, 0.3) is 0 Å². The minimum absolute atomic E-state index is 0.123. The van der Waals surface area contributed by atoms with E-state index in [2.05, 4.69) is 37.2 Å². The number of hydrogen-bond donors (Lipinski definition) is 5. The van der Waals surface area contributed by atoms with Crippen molar-refractivity contribution in [1.82, 2.24) is 21.3 Å². The van der Waals surface area contributed by atoms with E-state index in [4.69, 9.17) is 10.5 Å². The summed E-state index contributed by atoms with van der Waals surface area (Å²) in [6.07, 6.45) is 4.60. The molecule has 2 saturated heterocycles. The van der Waals surface area contributed by atoms with Crippen molar-refractivity contribution in [3.63, 3.8) is 0 Å². The highest BCUT2D eigenvalue weighted by atomic mass is 79.9. The lowest BCUT2D eigenvalue weighted by molar-refractivity contribution is -0.191. The van der Waals surface area contributed by atoms with Crippen LogP contribution in [0.25, 0.3) is 0 Å². The first-order valence-electron chi connectivity index (χ1n) is 11.4. The molecule has 30 heavy (non-hydrogen) atoms. The number of hydrogen-bond acceptors (Lipinski definition) is 6. The molecule has 1 saturated carbocycles. The molecule has 0 amide bonds. The van der Waals surface area contributed by atoms with Gasteiger partial charge in [-0.1, -0.05) is 35.2 Å². The number of alkyl halides is 4. The van der Waals surface area contributed by atoms with Gasteiger partial charge in [0.2, 0.25) is 0 Å². The predicted molar refractivity (Wildman–Crippen MR) is 115 cm³/mol. The molecule has 0 aromatic heterocycles. The number of halogens is 4. The highest BCUT2D eigenvalue weighted by Gasteiger charge is 2.36. The molecule has 2 heterocycles. The SMILES string of the molecule is NCC(Br)C1NC(NCC2CCC(OCC(F)(F)F)NC2)CC(C2CCCCC2)N1. The fourth-order valence-corrected chi connectivity index (χ4v) is 5.25. The van der Waals surface area contributed by atoms with Crippen molar-refractivity contribution in [3.05, 3.63) is 0 Å². The van der Waals surface area contributed by atoms with E-state index < -0.39 is 19.0 Å². The fraction of sp³-hybridized carbons (Fsp3) is 1.00. The Morgan fingerprint density at radius 3 is 2.50 bits per heavy atom. The summed E-state index contributed by atoms with van der Waals surface area (Å²) in [6.45, 7) is 0.863. The van der Waals surface area contributed by atoms with Crippen LogP contribution in [0.2, 0.25) is 0 Å². The number of nitrogens with one attached hydrogen (secondary N) is 4. The van der Waals surface area contributed by atoms with Crippen LogP contribution in [-0.4, -0.2) is 61.8 Å². The quantitative estimate of drug-likeness (QED) is 0.330. The van der Waals surface area contributed by atoms with Crippen molar-refractivity contribution in [1.29, 1.82) is 0 Å². The summed E-state index contributed by atoms with van der Waals surface area (Å²) in [5, 5.41) is 14.2. The van der Waals surface area contributed by atoms with Gasteiger partial charge in [-0.2, -0.15) is 13.2 Å². The van der Waals surface area contributed by atoms with Crippen LogP contribution in [0.15, 0.2) is 0 Å². The zero-order valence-electron chi connectivity index (χ0n) is 17.5. The first kappa shape index (κ1) is 24.7. The summed E-state index contributed by atoms with van der Waals surface area (Å²) in [7, 11) is 0. The highest BCUT2D eigenvalue weighted by Crippen LogP contribution is 2.30. The van der Waals surface area contributed by atoms with Crippen molar-refractivity contribution < 1.29 is 17.9 Å². The zero-order chi connectivity index (χ0) is 21.6. The Hall–Kier alpha value is 0.0300. The van der Waals surface area contributed by atoms with Crippen molar-refractivity contribution in [2.24, 2.45) is 17.6 Å². The average molecular weight is 500 g/mol. The molecule has 3 fully saturated rings. The number of nitrogens with two attached hydrogens (primary N) is 1. The summed E-state index contributed by atoms with van der Waals surface area (Å²) in [4.78, 5) is 0.163. The van der Waals surface area contributed by atoms with Crippen LogP contribution in [0, 0.1) is 11.8 Å². The van der Waals surface area contributed by atoms with Gasteiger partial charge in [0.05, 0.1) is 17.2 Å². The zero-order valence-corrected chi connectivity index (χ0v) is 19.1. The molecule has 6 atom stereocenters. The molecule has 6 unspecified atom stereocenters. The van der Waals surface area contributed by atoms with E-state index in [0.29, 0.717) is 37.4 Å². The first-order valence-corrected chi connectivity index (χ1v) is 12.3. The van der Waals surface area contributed by atoms with E-state index in [1.54, 1.807) is 0 Å². The van der Waals surface area contributed by atoms with E-state index in [9.17, 15) is 13.2 Å². The topological polar surface area (TPSA) is 83.4 Å². The normalized spacial score (nSPS) is 35.3. The Kier molecular flexibility index (Phi) is 9.67. The summed E-state index contributed by atoms with van der Waals surface area (Å²) in [5.74, 6) is 1.10. The van der Waals surface area contributed by atoms with Crippen molar-refractivity contribution >= 4 is 15.9 Å². The Morgan fingerprint density at radius 2 is 1.87 bits per heavy atom. The van der Waals surface area contributed by atoms with Crippen LogP contribution in [0.4, 0.5) is 13.2 Å². The van der Waals surface area contributed by atoms with E-state index in [-0.39, 0.29) is 17.2 Å². The summed E-state index contributed by atoms with van der Waals surface area (Å²) < 4.78 is 41.9. The Labute approximate surface area is 186 Å². The molecule has 0 aromatic carbocycles. The van der Waals surface area contributed by atoms with Gasteiger partial charge in [0.1, 0.15) is 12.8 Å². The van der Waals surface area contributed by atoms with Crippen LogP contribution in [0.1, 0.15) is 51.4 Å². The molecule has 0 spiro atoms. The van der Waals surface area contributed by atoms with Gasteiger partial charge in [-0.15, -0.1) is 0 Å². The van der Waals surface area contributed by atoms with E-state index in [1.165, 1.54) is 32.1 Å². The second-order valence-corrected chi connectivity index (χ2v) is 10.2. The molecule has 6 nitrogen and oxygen atoms in total. The van der Waals surface area contributed by atoms with Gasteiger partial charge in [-0.05, 0) is 43.9 Å². The third-order valence-electron chi connectivity index (χ3n) is 6.64. The molecule has 2 aliphatic heterocycles. The molecule has 10 heteroatoms. The monoisotopic (exact) mass is 499 g/mol. The standard InChI is InChI=1S/C20H37BrF3N5O/c21-15(9-25)19-28-16(14-4-2-1-3-5-14)8-17(29-19)26-10-13-6-7-18(27-11-13)30-12-20(22,23)24/h13-19,26-29H,1-12,25H2. The minimum Gasteiger partial charge on any atom is -0.354 e. The average Bonchev–Trinajstić information content (AvgIpc) is 2.76. The van der Waals surface area contributed by atoms with E-state index in [1.807, 2.05) is 0 Å². The first-order chi connectivity index (χ1) is 14.3. The molecule has 0 bridgehead atoms. The van der Waals surface area contributed by atoms with Crippen molar-refractivity contribution in [2.45, 2.75) is 87.0 Å². The van der Waals surface area contributed by atoms with Gasteiger partial charge < -0.3 is 15.8 Å². The third kappa shape index (κ3) is 7.86. The number of ether oxygens (including phenoxy) is 1. The third-order valence-corrected chi connectivity index (χ3v) is 7.54. The Balaban J connectivity index is 1.44. The molecule has 3 rings (SSSR count). The molecular formula is C20H37BrF3N5O. The maximum atomic E-state index is 12.3. The lowest BCUT2D eigenvalue weighted by Gasteiger charge is -2.44. The van der Waals surface area contributed by atoms with Gasteiger partial charge in [0.15, 0.2) is 0 Å². The van der Waals surface area contributed by atoms with Gasteiger partial charge in [-0.25, -0.2) is 0 Å². The van der Waals surface area contributed by atoms with Crippen LogP contribution < -0.4 is 27.0 Å². The van der Waals surface area contributed by atoms with Crippen LogP contribution in [-0.2, 0) is 4.74 Å². The van der Waals surface area contributed by atoms with Gasteiger partial charge >= 0.3 is 6.18 Å². The molecular weight excluding hydrogens is 463 g/mol. The van der Waals surface area contributed by atoms with E-state index >= 15 is 0 Å². The van der Waals surface area contributed by atoms with Crippen molar-refractivity contribution in [3.8, 4) is 0 Å². The molecule has 6 N–H and O–H groups in total. The summed E-state index contributed by atoms with van der Waals surface area (Å²) in [5.41, 5.74) is 5.89. The van der Waals surface area contributed by atoms with Crippen molar-refractivity contribution in [2.75, 3.05) is 26.2 Å². The Bertz CT molecular complexity index is 501. The summed E-state index contributed by atoms with van der Waals surface area (Å²) in [6, 6.07) is 0.477. The van der Waals surface area contributed by atoms with Crippen LogP contribution >= 0.6 is 15.9 Å². The molecule has 1 aliphatic carbocycles. The second kappa shape index (κ2) is 11.8. The fourth-order valence-electron chi connectivity index (χ4n) is 4.95. The summed E-state index contributed by atoms with van der Waals surface area (Å²) >= 11 is 3.70. The van der Waals surface area contributed by atoms with Crippen LogP contribution in [0.3, 0.4) is 0 Å². The van der Waals surface area contributed by atoms with Gasteiger partial charge in [0, 0.05) is 25.7 Å². The molecule has 176 valence electrons. The smallest absolute Gasteiger partial charge is 0.354 e. The van der Waals surface area contributed by atoms with Gasteiger partial charge in [-0.3, -0.25) is 16.0 Å². The second-order valence-electron chi connectivity index (χ2n) is 9.03. The highest BCUT2D eigenvalue weighted by molar-refractivity contribution is 9.09. The Morgan fingerprint density at radius 1 is 1.10 bits per heavy atom. The maximum absolute atomic E-state index is 12.3. The molecule has 0 radical (unpaired) electrons.